The lowest BCUT2D eigenvalue weighted by Gasteiger charge is -2.11. The predicted octanol–water partition coefficient (Wildman–Crippen LogP) is 1.97. The average molecular weight is 195 g/mol. The summed E-state index contributed by atoms with van der Waals surface area (Å²) in [6, 6.07) is 1.83. The standard InChI is InChI=1S/C10H17N3O/c1-6(2)8-5-9(14-7(3)4)13-10(11)12-8/h5-7H,1-4H3,(H2,11,12,13). The van der Waals surface area contributed by atoms with E-state index in [1.54, 1.807) is 0 Å². The molecular formula is C10H17N3O. The van der Waals surface area contributed by atoms with Gasteiger partial charge in [-0.25, -0.2) is 4.98 Å². The maximum Gasteiger partial charge on any atom is 0.223 e. The molecule has 0 aliphatic heterocycles. The van der Waals surface area contributed by atoms with Crippen LogP contribution in [0.25, 0.3) is 0 Å². The van der Waals surface area contributed by atoms with Crippen molar-refractivity contribution in [1.29, 1.82) is 0 Å². The molecule has 0 amide bonds. The summed E-state index contributed by atoms with van der Waals surface area (Å²) in [6.07, 6.45) is 0.101. The Bertz CT molecular complexity index is 310. The molecule has 1 aromatic rings. The van der Waals surface area contributed by atoms with Crippen molar-refractivity contribution in [2.45, 2.75) is 39.7 Å². The van der Waals surface area contributed by atoms with Crippen LogP contribution in [0.5, 0.6) is 5.88 Å². The Hall–Kier alpha value is -1.32. The zero-order chi connectivity index (χ0) is 10.7. The van der Waals surface area contributed by atoms with Gasteiger partial charge in [0.1, 0.15) is 0 Å². The lowest BCUT2D eigenvalue weighted by atomic mass is 10.1. The van der Waals surface area contributed by atoms with E-state index in [4.69, 9.17) is 10.5 Å². The second kappa shape index (κ2) is 4.26. The summed E-state index contributed by atoms with van der Waals surface area (Å²) in [6.45, 7) is 8.02. The van der Waals surface area contributed by atoms with Crippen LogP contribution in [0.4, 0.5) is 5.95 Å². The Morgan fingerprint density at radius 2 is 1.86 bits per heavy atom. The summed E-state index contributed by atoms with van der Waals surface area (Å²) < 4.78 is 5.45. The van der Waals surface area contributed by atoms with Gasteiger partial charge in [-0.3, -0.25) is 0 Å². The van der Waals surface area contributed by atoms with Crippen molar-refractivity contribution < 1.29 is 4.74 Å². The minimum absolute atomic E-state index is 0.101. The Balaban J connectivity index is 2.95. The molecule has 4 heteroatoms. The van der Waals surface area contributed by atoms with Crippen LogP contribution in [0.15, 0.2) is 6.07 Å². The van der Waals surface area contributed by atoms with E-state index in [1.165, 1.54) is 0 Å². The van der Waals surface area contributed by atoms with E-state index in [0.29, 0.717) is 11.8 Å². The molecule has 0 unspecified atom stereocenters. The maximum absolute atomic E-state index is 5.57. The monoisotopic (exact) mass is 195 g/mol. The summed E-state index contributed by atoms with van der Waals surface area (Å²) in [5, 5.41) is 0. The third-order valence-corrected chi connectivity index (χ3v) is 1.69. The molecule has 0 aliphatic carbocycles. The van der Waals surface area contributed by atoms with E-state index < -0.39 is 0 Å². The SMILES string of the molecule is CC(C)Oc1cc(C(C)C)nc(N)n1. The number of hydrogen-bond donors (Lipinski definition) is 1. The van der Waals surface area contributed by atoms with Gasteiger partial charge in [-0.15, -0.1) is 0 Å². The van der Waals surface area contributed by atoms with E-state index in [2.05, 4.69) is 23.8 Å². The highest BCUT2D eigenvalue weighted by Gasteiger charge is 2.07. The van der Waals surface area contributed by atoms with Crippen LogP contribution in [0, 0.1) is 0 Å². The first kappa shape index (κ1) is 10.8. The van der Waals surface area contributed by atoms with Gasteiger partial charge in [0.05, 0.1) is 11.8 Å². The quantitative estimate of drug-likeness (QED) is 0.801. The molecule has 0 radical (unpaired) electrons. The van der Waals surface area contributed by atoms with Gasteiger partial charge >= 0.3 is 0 Å². The van der Waals surface area contributed by atoms with Crippen LogP contribution in [-0.4, -0.2) is 16.1 Å². The molecule has 0 bridgehead atoms. The molecule has 1 rings (SSSR count). The van der Waals surface area contributed by atoms with Crippen molar-refractivity contribution in [3.8, 4) is 5.88 Å². The van der Waals surface area contributed by atoms with Crippen LogP contribution in [0.1, 0.15) is 39.3 Å². The van der Waals surface area contributed by atoms with Crippen molar-refractivity contribution in [3.05, 3.63) is 11.8 Å². The molecule has 2 N–H and O–H groups in total. The molecule has 78 valence electrons. The lowest BCUT2D eigenvalue weighted by Crippen LogP contribution is -2.10. The molecule has 0 aliphatic rings. The number of anilines is 1. The first-order chi connectivity index (χ1) is 6.49. The van der Waals surface area contributed by atoms with Crippen molar-refractivity contribution in [2.75, 3.05) is 5.73 Å². The van der Waals surface area contributed by atoms with Crippen LogP contribution < -0.4 is 10.5 Å². The molecular weight excluding hydrogens is 178 g/mol. The van der Waals surface area contributed by atoms with Crippen LogP contribution in [0.3, 0.4) is 0 Å². The van der Waals surface area contributed by atoms with Crippen LogP contribution >= 0.6 is 0 Å². The summed E-state index contributed by atoms with van der Waals surface area (Å²) in [7, 11) is 0. The Morgan fingerprint density at radius 3 is 2.36 bits per heavy atom. The van der Waals surface area contributed by atoms with E-state index in [9.17, 15) is 0 Å². The molecule has 4 nitrogen and oxygen atoms in total. The molecule has 1 aromatic heterocycles. The number of hydrogen-bond acceptors (Lipinski definition) is 4. The molecule has 1 heterocycles. The zero-order valence-corrected chi connectivity index (χ0v) is 9.11. The molecule has 0 fully saturated rings. The number of nitrogen functional groups attached to an aromatic ring is 1. The number of nitrogens with zero attached hydrogens (tertiary/aromatic N) is 2. The topological polar surface area (TPSA) is 61.0 Å². The number of ether oxygens (including phenoxy) is 1. The molecule has 14 heavy (non-hydrogen) atoms. The number of nitrogens with two attached hydrogens (primary N) is 1. The third-order valence-electron chi connectivity index (χ3n) is 1.69. The predicted molar refractivity (Wildman–Crippen MR) is 56.3 cm³/mol. The van der Waals surface area contributed by atoms with Crippen molar-refractivity contribution in [1.82, 2.24) is 9.97 Å². The second-order valence-corrected chi connectivity index (χ2v) is 3.81. The highest BCUT2D eigenvalue weighted by Crippen LogP contribution is 2.18. The first-order valence-electron chi connectivity index (χ1n) is 4.80. The highest BCUT2D eigenvalue weighted by atomic mass is 16.5. The maximum atomic E-state index is 5.57. The Morgan fingerprint density at radius 1 is 1.21 bits per heavy atom. The van der Waals surface area contributed by atoms with Crippen molar-refractivity contribution in [2.24, 2.45) is 0 Å². The van der Waals surface area contributed by atoms with Crippen molar-refractivity contribution >= 4 is 5.95 Å². The van der Waals surface area contributed by atoms with E-state index >= 15 is 0 Å². The van der Waals surface area contributed by atoms with Crippen molar-refractivity contribution in [3.63, 3.8) is 0 Å². The van der Waals surface area contributed by atoms with Gasteiger partial charge in [-0.05, 0) is 19.8 Å². The normalized spacial score (nSPS) is 11.0. The molecule has 0 saturated carbocycles. The third kappa shape index (κ3) is 2.87. The second-order valence-electron chi connectivity index (χ2n) is 3.81. The van der Waals surface area contributed by atoms with Gasteiger partial charge in [-0.2, -0.15) is 4.98 Å². The minimum atomic E-state index is 0.101. The van der Waals surface area contributed by atoms with E-state index in [1.807, 2.05) is 19.9 Å². The van der Waals surface area contributed by atoms with Gasteiger partial charge < -0.3 is 10.5 Å². The summed E-state index contributed by atoms with van der Waals surface area (Å²) in [4.78, 5) is 8.13. The smallest absolute Gasteiger partial charge is 0.223 e. The Kier molecular flexibility index (Phi) is 3.28. The molecule has 0 saturated heterocycles. The number of aromatic nitrogens is 2. The van der Waals surface area contributed by atoms with Gasteiger partial charge in [0.2, 0.25) is 11.8 Å². The fourth-order valence-electron chi connectivity index (χ4n) is 1.06. The van der Waals surface area contributed by atoms with Crippen LogP contribution in [-0.2, 0) is 0 Å². The fourth-order valence-corrected chi connectivity index (χ4v) is 1.06. The Labute approximate surface area is 84.5 Å². The zero-order valence-electron chi connectivity index (χ0n) is 9.11. The largest absolute Gasteiger partial charge is 0.475 e. The summed E-state index contributed by atoms with van der Waals surface area (Å²) in [5.41, 5.74) is 6.48. The van der Waals surface area contributed by atoms with Gasteiger partial charge in [0, 0.05) is 6.07 Å². The lowest BCUT2D eigenvalue weighted by molar-refractivity contribution is 0.232. The van der Waals surface area contributed by atoms with Gasteiger partial charge in [-0.1, -0.05) is 13.8 Å². The number of rotatable bonds is 3. The minimum Gasteiger partial charge on any atom is -0.475 e. The summed E-state index contributed by atoms with van der Waals surface area (Å²) >= 11 is 0. The average Bonchev–Trinajstić information content (AvgIpc) is 2.01. The van der Waals surface area contributed by atoms with Crippen LogP contribution in [0.2, 0.25) is 0 Å². The fraction of sp³-hybridized carbons (Fsp3) is 0.600. The van der Waals surface area contributed by atoms with Gasteiger partial charge in [0.15, 0.2) is 0 Å². The molecule has 0 atom stereocenters. The van der Waals surface area contributed by atoms with E-state index in [-0.39, 0.29) is 12.1 Å². The molecule has 0 spiro atoms. The summed E-state index contributed by atoms with van der Waals surface area (Å²) in [5.74, 6) is 1.15. The molecule has 0 aromatic carbocycles. The van der Waals surface area contributed by atoms with E-state index in [0.717, 1.165) is 5.69 Å². The van der Waals surface area contributed by atoms with Gasteiger partial charge in [0.25, 0.3) is 0 Å². The highest BCUT2D eigenvalue weighted by molar-refractivity contribution is 5.27. The first-order valence-corrected chi connectivity index (χ1v) is 4.80.